The molecule has 0 spiro atoms. The minimum atomic E-state index is -1.10. The van der Waals surface area contributed by atoms with Gasteiger partial charge in [0.25, 0.3) is 5.56 Å². The van der Waals surface area contributed by atoms with Crippen molar-refractivity contribution in [3.8, 4) is 16.9 Å². The van der Waals surface area contributed by atoms with Crippen LogP contribution in [-0.2, 0) is 23.6 Å². The zero-order valence-electron chi connectivity index (χ0n) is 14.9. The number of fused-ring (bicyclic) bond motifs is 3. The smallest absolute Gasteiger partial charge is 0.267 e. The largest absolute Gasteiger partial charge is 0.271 e. The van der Waals surface area contributed by atoms with Gasteiger partial charge in [-0.05, 0) is 60.4 Å². The SMILES string of the molecule is CCCc1ccc2c(c1)-c1nn(-c3ccc(Cl)cc3)c(=O)cc1CCS2=O. The molecule has 0 N–H and O–H groups in total. The number of aromatic nitrogens is 2. The zero-order valence-corrected chi connectivity index (χ0v) is 16.5. The number of rotatable bonds is 3. The molecule has 6 heteroatoms. The third kappa shape index (κ3) is 3.49. The molecule has 4 nitrogen and oxygen atoms in total. The number of hydrogen-bond acceptors (Lipinski definition) is 3. The summed E-state index contributed by atoms with van der Waals surface area (Å²) in [7, 11) is -1.10. The topological polar surface area (TPSA) is 52.0 Å². The summed E-state index contributed by atoms with van der Waals surface area (Å²) in [5.74, 6) is 0.499. The molecule has 2 heterocycles. The second-order valence-electron chi connectivity index (χ2n) is 6.62. The normalized spacial score (nSPS) is 15.7. The van der Waals surface area contributed by atoms with Crippen molar-refractivity contribution in [1.82, 2.24) is 9.78 Å². The van der Waals surface area contributed by atoms with E-state index in [9.17, 15) is 9.00 Å². The fourth-order valence-electron chi connectivity index (χ4n) is 3.39. The fourth-order valence-corrected chi connectivity index (χ4v) is 4.77. The Morgan fingerprint density at radius 3 is 2.67 bits per heavy atom. The van der Waals surface area contributed by atoms with Gasteiger partial charge in [-0.2, -0.15) is 9.78 Å². The van der Waals surface area contributed by atoms with Gasteiger partial charge < -0.3 is 0 Å². The molecule has 1 aromatic heterocycles. The Kier molecular flexibility index (Phi) is 4.98. The molecule has 4 rings (SSSR count). The highest BCUT2D eigenvalue weighted by Crippen LogP contribution is 2.32. The van der Waals surface area contributed by atoms with Gasteiger partial charge >= 0.3 is 0 Å². The standard InChI is InChI=1S/C21H19ClN2O2S/c1-2-3-14-4-9-19-18(12-14)21-15(10-11-27(19)26)13-20(25)24(23-21)17-7-5-16(22)6-8-17/h4-9,12-13H,2-3,10-11H2,1H3. The molecule has 1 aliphatic heterocycles. The number of aryl methyl sites for hydroxylation is 2. The Morgan fingerprint density at radius 2 is 1.93 bits per heavy atom. The van der Waals surface area contributed by atoms with Crippen LogP contribution in [0.15, 0.2) is 58.2 Å². The molecule has 1 aliphatic rings. The van der Waals surface area contributed by atoms with Gasteiger partial charge in [-0.25, -0.2) is 0 Å². The second-order valence-corrected chi connectivity index (χ2v) is 8.60. The number of halogens is 1. The van der Waals surface area contributed by atoms with Gasteiger partial charge in [0.2, 0.25) is 0 Å². The minimum Gasteiger partial charge on any atom is -0.267 e. The number of nitrogens with zero attached hydrogens (tertiary/aromatic N) is 2. The van der Waals surface area contributed by atoms with Gasteiger partial charge in [-0.3, -0.25) is 9.00 Å². The number of benzene rings is 2. The summed E-state index contributed by atoms with van der Waals surface area (Å²) in [6.45, 7) is 2.13. The van der Waals surface area contributed by atoms with Gasteiger partial charge in [0.15, 0.2) is 0 Å². The molecule has 1 unspecified atom stereocenters. The molecular formula is C21H19ClN2O2S. The highest BCUT2D eigenvalue weighted by Gasteiger charge is 2.22. The van der Waals surface area contributed by atoms with E-state index in [0.29, 0.717) is 22.9 Å². The van der Waals surface area contributed by atoms with Crippen LogP contribution >= 0.6 is 11.6 Å². The van der Waals surface area contributed by atoms with E-state index in [4.69, 9.17) is 11.6 Å². The highest BCUT2D eigenvalue weighted by atomic mass is 35.5. The third-order valence-electron chi connectivity index (χ3n) is 4.72. The van der Waals surface area contributed by atoms with E-state index in [2.05, 4.69) is 18.1 Å². The summed E-state index contributed by atoms with van der Waals surface area (Å²) in [6.07, 6.45) is 2.56. The quantitative estimate of drug-likeness (QED) is 0.665. The Labute approximate surface area is 165 Å². The van der Waals surface area contributed by atoms with E-state index in [1.165, 1.54) is 10.2 Å². The van der Waals surface area contributed by atoms with E-state index in [1.54, 1.807) is 30.3 Å². The van der Waals surface area contributed by atoms with Crippen LogP contribution in [0.3, 0.4) is 0 Å². The Bertz CT molecular complexity index is 1090. The predicted molar refractivity (Wildman–Crippen MR) is 109 cm³/mol. The first-order chi connectivity index (χ1) is 13.1. The monoisotopic (exact) mass is 398 g/mol. The van der Waals surface area contributed by atoms with Gasteiger partial charge in [-0.15, -0.1) is 0 Å². The summed E-state index contributed by atoms with van der Waals surface area (Å²) >= 11 is 5.96. The minimum absolute atomic E-state index is 0.199. The van der Waals surface area contributed by atoms with Crippen molar-refractivity contribution in [2.75, 3.05) is 5.75 Å². The van der Waals surface area contributed by atoms with Crippen molar-refractivity contribution in [3.05, 3.63) is 75.0 Å². The molecule has 27 heavy (non-hydrogen) atoms. The van der Waals surface area contributed by atoms with Crippen LogP contribution in [0.1, 0.15) is 24.5 Å². The van der Waals surface area contributed by atoms with Crippen LogP contribution in [-0.4, -0.2) is 19.7 Å². The van der Waals surface area contributed by atoms with Crippen molar-refractivity contribution in [1.29, 1.82) is 0 Å². The van der Waals surface area contributed by atoms with Crippen molar-refractivity contribution in [3.63, 3.8) is 0 Å². The summed E-state index contributed by atoms with van der Waals surface area (Å²) < 4.78 is 14.1. The van der Waals surface area contributed by atoms with Gasteiger partial charge in [0, 0.05) is 27.3 Å². The molecular weight excluding hydrogens is 380 g/mol. The third-order valence-corrected chi connectivity index (χ3v) is 6.40. The van der Waals surface area contributed by atoms with E-state index in [-0.39, 0.29) is 5.56 Å². The summed E-state index contributed by atoms with van der Waals surface area (Å²) in [6, 6.07) is 14.7. The molecule has 0 aliphatic carbocycles. The molecule has 0 radical (unpaired) electrons. The zero-order chi connectivity index (χ0) is 19.0. The molecule has 138 valence electrons. The Balaban J connectivity index is 1.94. The first kappa shape index (κ1) is 18.1. The number of hydrogen-bond donors (Lipinski definition) is 0. The van der Waals surface area contributed by atoms with Crippen molar-refractivity contribution in [2.24, 2.45) is 0 Å². The summed E-state index contributed by atoms with van der Waals surface area (Å²) in [5.41, 5.74) is 4.11. The lowest BCUT2D eigenvalue weighted by atomic mass is 10.0. The van der Waals surface area contributed by atoms with Crippen molar-refractivity contribution in [2.45, 2.75) is 31.1 Å². The second kappa shape index (κ2) is 7.41. The van der Waals surface area contributed by atoms with Crippen LogP contribution < -0.4 is 5.56 Å². The summed E-state index contributed by atoms with van der Waals surface area (Å²) in [4.78, 5) is 13.4. The maximum atomic E-state index is 12.7. The van der Waals surface area contributed by atoms with E-state index >= 15 is 0 Å². The molecule has 0 bridgehead atoms. The van der Waals surface area contributed by atoms with Gasteiger partial charge in [0.05, 0.1) is 22.2 Å². The molecule has 3 aromatic rings. The highest BCUT2D eigenvalue weighted by molar-refractivity contribution is 7.85. The van der Waals surface area contributed by atoms with Crippen LogP contribution in [0.2, 0.25) is 5.02 Å². The predicted octanol–water partition coefficient (Wildman–Crippen LogP) is 4.17. The molecule has 0 saturated carbocycles. The maximum Gasteiger partial charge on any atom is 0.271 e. The molecule has 1 atom stereocenters. The summed E-state index contributed by atoms with van der Waals surface area (Å²) in [5, 5.41) is 5.28. The van der Waals surface area contributed by atoms with Gasteiger partial charge in [-0.1, -0.05) is 31.0 Å². The molecule has 2 aromatic carbocycles. The lowest BCUT2D eigenvalue weighted by Crippen LogP contribution is -2.22. The van der Waals surface area contributed by atoms with Crippen LogP contribution in [0.5, 0.6) is 0 Å². The molecule has 0 amide bonds. The maximum absolute atomic E-state index is 12.7. The van der Waals surface area contributed by atoms with E-state index < -0.39 is 10.8 Å². The molecule has 0 saturated heterocycles. The van der Waals surface area contributed by atoms with Crippen LogP contribution in [0, 0.1) is 0 Å². The average molecular weight is 399 g/mol. The lowest BCUT2D eigenvalue weighted by Gasteiger charge is -2.12. The lowest BCUT2D eigenvalue weighted by molar-refractivity contribution is 0.683. The Hall–Kier alpha value is -2.24. The average Bonchev–Trinajstić information content (AvgIpc) is 2.79. The fraction of sp³-hybridized carbons (Fsp3) is 0.238. The molecule has 0 fully saturated rings. The first-order valence-electron chi connectivity index (χ1n) is 8.97. The van der Waals surface area contributed by atoms with Crippen LogP contribution in [0.4, 0.5) is 0 Å². The van der Waals surface area contributed by atoms with E-state index in [1.807, 2.05) is 12.1 Å². The van der Waals surface area contributed by atoms with E-state index in [0.717, 1.165) is 34.6 Å². The van der Waals surface area contributed by atoms with Crippen molar-refractivity contribution < 1.29 is 4.21 Å². The Morgan fingerprint density at radius 1 is 1.15 bits per heavy atom. The van der Waals surface area contributed by atoms with Crippen molar-refractivity contribution >= 4 is 22.4 Å². The first-order valence-corrected chi connectivity index (χ1v) is 10.7. The van der Waals surface area contributed by atoms with Crippen LogP contribution in [0.25, 0.3) is 16.9 Å². The van der Waals surface area contributed by atoms with Gasteiger partial charge in [0.1, 0.15) is 0 Å².